The number of benzene rings is 2. The van der Waals surface area contributed by atoms with Crippen LogP contribution in [0.2, 0.25) is 0 Å². The Morgan fingerprint density at radius 1 is 1.11 bits per heavy atom. The highest BCUT2D eigenvalue weighted by molar-refractivity contribution is 9.10. The third-order valence-corrected chi connectivity index (χ3v) is 3.34. The van der Waals surface area contributed by atoms with Crippen LogP contribution in [0.3, 0.4) is 0 Å². The molecule has 0 heterocycles. The molecule has 0 spiro atoms. The molecule has 2 rings (SSSR count). The molecule has 0 aromatic heterocycles. The smallest absolute Gasteiger partial charge is 0.143 e. The summed E-state index contributed by atoms with van der Waals surface area (Å²) < 4.78 is 27.8. The number of aliphatic hydroxyl groups excluding tert-OH is 1. The second-order valence-corrected chi connectivity index (χ2v) is 4.92. The minimum atomic E-state index is -1.32. The summed E-state index contributed by atoms with van der Waals surface area (Å²) >= 11 is 3.04. The average molecular weight is 313 g/mol. The molecule has 94 valence electrons. The molecule has 2 aromatic carbocycles. The zero-order chi connectivity index (χ0) is 13.3. The van der Waals surface area contributed by atoms with E-state index in [2.05, 4.69) is 15.9 Å². The van der Waals surface area contributed by atoms with Crippen molar-refractivity contribution in [3.63, 3.8) is 0 Å². The molecule has 1 N–H and O–H groups in total. The van der Waals surface area contributed by atoms with Gasteiger partial charge < -0.3 is 5.11 Å². The first-order valence-corrected chi connectivity index (χ1v) is 6.18. The van der Waals surface area contributed by atoms with Crippen molar-refractivity contribution < 1.29 is 13.9 Å². The predicted octanol–water partition coefficient (Wildman–Crippen LogP) is 4.12. The molecule has 0 bridgehead atoms. The predicted molar refractivity (Wildman–Crippen MR) is 69.3 cm³/mol. The lowest BCUT2D eigenvalue weighted by Crippen LogP contribution is -2.05. The van der Waals surface area contributed by atoms with Crippen molar-refractivity contribution in [2.24, 2.45) is 0 Å². The second-order valence-electron chi connectivity index (χ2n) is 4.07. The maximum atomic E-state index is 13.8. The number of aryl methyl sites for hydroxylation is 1. The monoisotopic (exact) mass is 312 g/mol. The number of rotatable bonds is 2. The van der Waals surface area contributed by atoms with Crippen LogP contribution in [0, 0.1) is 18.6 Å². The van der Waals surface area contributed by atoms with Crippen molar-refractivity contribution in [2.75, 3.05) is 0 Å². The van der Waals surface area contributed by atoms with Gasteiger partial charge in [0.25, 0.3) is 0 Å². The van der Waals surface area contributed by atoms with Gasteiger partial charge in [0, 0.05) is 11.1 Å². The van der Waals surface area contributed by atoms with Crippen LogP contribution in [-0.2, 0) is 0 Å². The van der Waals surface area contributed by atoms with Gasteiger partial charge in [-0.1, -0.05) is 24.3 Å². The highest BCUT2D eigenvalue weighted by Gasteiger charge is 2.19. The lowest BCUT2D eigenvalue weighted by molar-refractivity contribution is 0.209. The van der Waals surface area contributed by atoms with Gasteiger partial charge in [0.15, 0.2) is 0 Å². The molecule has 18 heavy (non-hydrogen) atoms. The fourth-order valence-corrected chi connectivity index (χ4v) is 2.13. The molecule has 0 radical (unpaired) electrons. The van der Waals surface area contributed by atoms with Crippen LogP contribution in [0.4, 0.5) is 8.78 Å². The Morgan fingerprint density at radius 2 is 1.83 bits per heavy atom. The van der Waals surface area contributed by atoms with E-state index in [1.54, 1.807) is 19.1 Å². The van der Waals surface area contributed by atoms with Crippen molar-refractivity contribution in [3.8, 4) is 0 Å². The summed E-state index contributed by atoms with van der Waals surface area (Å²) in [6.45, 7) is 1.75. The fourth-order valence-electron chi connectivity index (χ4n) is 1.75. The first kappa shape index (κ1) is 13.2. The Morgan fingerprint density at radius 3 is 2.50 bits per heavy atom. The summed E-state index contributed by atoms with van der Waals surface area (Å²) in [6, 6.07) is 9.01. The van der Waals surface area contributed by atoms with E-state index in [9.17, 15) is 13.9 Å². The minimum absolute atomic E-state index is 0.0483. The van der Waals surface area contributed by atoms with Gasteiger partial charge in [-0.15, -0.1) is 0 Å². The molecule has 0 amide bonds. The van der Waals surface area contributed by atoms with Gasteiger partial charge in [0.1, 0.15) is 17.7 Å². The van der Waals surface area contributed by atoms with Gasteiger partial charge in [-0.3, -0.25) is 0 Å². The molecular formula is C14H11BrF2O. The van der Waals surface area contributed by atoms with Crippen molar-refractivity contribution in [1.82, 2.24) is 0 Å². The second kappa shape index (κ2) is 5.16. The molecule has 0 aliphatic rings. The van der Waals surface area contributed by atoms with E-state index in [-0.39, 0.29) is 15.6 Å². The molecule has 2 aromatic rings. The van der Waals surface area contributed by atoms with Gasteiger partial charge >= 0.3 is 0 Å². The molecule has 0 fully saturated rings. The standard InChI is InChI=1S/C14H11BrF2O/c1-8-5-6-9(12(16)7-8)14(18)10-3-2-4-11(15)13(10)17/h2-7,14,18H,1H3. The summed E-state index contributed by atoms with van der Waals surface area (Å²) in [5.41, 5.74) is 0.864. The van der Waals surface area contributed by atoms with Gasteiger partial charge in [0.05, 0.1) is 4.47 Å². The summed E-state index contributed by atoms with van der Waals surface area (Å²) in [5.74, 6) is -1.12. The molecule has 1 nitrogen and oxygen atoms in total. The lowest BCUT2D eigenvalue weighted by Gasteiger charge is -2.14. The first-order valence-electron chi connectivity index (χ1n) is 5.38. The zero-order valence-electron chi connectivity index (χ0n) is 9.62. The van der Waals surface area contributed by atoms with Crippen LogP contribution >= 0.6 is 15.9 Å². The average Bonchev–Trinajstić information content (AvgIpc) is 2.32. The molecule has 1 unspecified atom stereocenters. The van der Waals surface area contributed by atoms with Crippen LogP contribution in [0.5, 0.6) is 0 Å². The van der Waals surface area contributed by atoms with Gasteiger partial charge in [-0.25, -0.2) is 8.78 Å². The summed E-state index contributed by atoms with van der Waals surface area (Å²) in [6.07, 6.45) is -1.32. The number of hydrogen-bond donors (Lipinski definition) is 1. The Kier molecular flexibility index (Phi) is 3.78. The number of hydrogen-bond acceptors (Lipinski definition) is 1. The van der Waals surface area contributed by atoms with E-state index in [1.165, 1.54) is 24.3 Å². The Bertz CT molecular complexity index is 584. The summed E-state index contributed by atoms with van der Waals surface area (Å²) in [7, 11) is 0. The third-order valence-electron chi connectivity index (χ3n) is 2.73. The highest BCUT2D eigenvalue weighted by atomic mass is 79.9. The Balaban J connectivity index is 2.48. The molecule has 4 heteroatoms. The SMILES string of the molecule is Cc1ccc(C(O)c2cccc(Br)c2F)c(F)c1. The normalized spacial score (nSPS) is 12.5. The van der Waals surface area contributed by atoms with Gasteiger partial charge in [0.2, 0.25) is 0 Å². The molecule has 0 aliphatic carbocycles. The van der Waals surface area contributed by atoms with Crippen LogP contribution in [0.1, 0.15) is 22.8 Å². The maximum absolute atomic E-state index is 13.8. The van der Waals surface area contributed by atoms with Crippen LogP contribution in [0.15, 0.2) is 40.9 Å². The molecular weight excluding hydrogens is 302 g/mol. The van der Waals surface area contributed by atoms with Crippen LogP contribution in [-0.4, -0.2) is 5.11 Å². The fraction of sp³-hybridized carbons (Fsp3) is 0.143. The van der Waals surface area contributed by atoms with E-state index < -0.39 is 17.7 Å². The van der Waals surface area contributed by atoms with Crippen molar-refractivity contribution in [3.05, 3.63) is 69.2 Å². The van der Waals surface area contributed by atoms with Gasteiger partial charge in [-0.2, -0.15) is 0 Å². The van der Waals surface area contributed by atoms with E-state index in [0.717, 1.165) is 5.56 Å². The number of aliphatic hydroxyl groups is 1. The van der Waals surface area contributed by atoms with E-state index >= 15 is 0 Å². The Labute approximate surface area is 112 Å². The molecule has 0 saturated carbocycles. The molecule has 0 aliphatic heterocycles. The number of halogens is 3. The highest BCUT2D eigenvalue weighted by Crippen LogP contribution is 2.29. The van der Waals surface area contributed by atoms with Crippen molar-refractivity contribution >= 4 is 15.9 Å². The quantitative estimate of drug-likeness (QED) is 0.884. The van der Waals surface area contributed by atoms with E-state index in [0.29, 0.717) is 0 Å². The summed E-state index contributed by atoms with van der Waals surface area (Å²) in [5, 5.41) is 10.1. The maximum Gasteiger partial charge on any atom is 0.143 e. The van der Waals surface area contributed by atoms with Gasteiger partial charge in [-0.05, 0) is 40.5 Å². The van der Waals surface area contributed by atoms with Crippen LogP contribution in [0.25, 0.3) is 0 Å². The summed E-state index contributed by atoms with van der Waals surface area (Å²) in [4.78, 5) is 0. The molecule has 1 atom stereocenters. The topological polar surface area (TPSA) is 20.2 Å². The van der Waals surface area contributed by atoms with Crippen LogP contribution < -0.4 is 0 Å². The van der Waals surface area contributed by atoms with E-state index in [1.807, 2.05) is 0 Å². The van der Waals surface area contributed by atoms with Crippen molar-refractivity contribution in [1.29, 1.82) is 0 Å². The zero-order valence-corrected chi connectivity index (χ0v) is 11.2. The molecule has 0 saturated heterocycles. The van der Waals surface area contributed by atoms with Crippen molar-refractivity contribution in [2.45, 2.75) is 13.0 Å². The first-order chi connectivity index (χ1) is 8.50. The van der Waals surface area contributed by atoms with E-state index in [4.69, 9.17) is 0 Å². The largest absolute Gasteiger partial charge is 0.383 e. The lowest BCUT2D eigenvalue weighted by atomic mass is 9.99. The Hall–Kier alpha value is -1.26. The minimum Gasteiger partial charge on any atom is -0.383 e. The third kappa shape index (κ3) is 2.44.